The average Bonchev–Trinajstić information content (AvgIpc) is 2.76. The molecule has 17 heavy (non-hydrogen) atoms. The van der Waals surface area contributed by atoms with Crippen LogP contribution in [0.4, 0.5) is 6.01 Å². The van der Waals surface area contributed by atoms with E-state index < -0.39 is 11.6 Å². The fourth-order valence-corrected chi connectivity index (χ4v) is 1.04. The molecule has 0 aromatic carbocycles. The van der Waals surface area contributed by atoms with Crippen molar-refractivity contribution in [3.8, 4) is 0 Å². The summed E-state index contributed by atoms with van der Waals surface area (Å²) in [6.07, 6.45) is 1.83. The first kappa shape index (κ1) is 13.5. The highest BCUT2D eigenvalue weighted by molar-refractivity contribution is 5.87. The molecule has 1 rings (SSSR count). The highest BCUT2D eigenvalue weighted by Crippen LogP contribution is 2.12. The molecule has 0 saturated heterocycles. The topological polar surface area (TPSA) is 84.6 Å². The Morgan fingerprint density at radius 3 is 2.94 bits per heavy atom. The number of aliphatic hydroxyl groups is 1. The number of rotatable bonds is 6. The van der Waals surface area contributed by atoms with E-state index in [0.717, 1.165) is 0 Å². The van der Waals surface area contributed by atoms with Gasteiger partial charge >= 0.3 is 5.97 Å². The molecular weight excluding hydrogens is 224 g/mol. The van der Waals surface area contributed by atoms with Crippen LogP contribution in [-0.4, -0.2) is 34.8 Å². The largest absolute Gasteiger partial charge is 0.461 e. The van der Waals surface area contributed by atoms with Crippen molar-refractivity contribution in [1.82, 2.24) is 4.98 Å². The highest BCUT2D eigenvalue weighted by Gasteiger charge is 2.19. The van der Waals surface area contributed by atoms with Gasteiger partial charge in [-0.2, -0.15) is 4.98 Å². The second kappa shape index (κ2) is 5.67. The number of carbonyl (C=O) groups is 1. The van der Waals surface area contributed by atoms with Gasteiger partial charge in [-0.25, -0.2) is 4.79 Å². The maximum atomic E-state index is 11.3. The van der Waals surface area contributed by atoms with E-state index in [0.29, 0.717) is 19.6 Å². The molecule has 1 unspecified atom stereocenters. The molecule has 0 bridgehead atoms. The molecule has 0 saturated carbocycles. The van der Waals surface area contributed by atoms with E-state index in [1.54, 1.807) is 13.8 Å². The fraction of sp³-hybridized carbons (Fsp3) is 0.636. The van der Waals surface area contributed by atoms with Crippen molar-refractivity contribution >= 4 is 12.0 Å². The summed E-state index contributed by atoms with van der Waals surface area (Å²) in [5, 5.41) is 12.6. The summed E-state index contributed by atoms with van der Waals surface area (Å²) in [5.74, 6) is -0.522. The Balaban J connectivity index is 2.54. The van der Waals surface area contributed by atoms with Gasteiger partial charge in [0.2, 0.25) is 0 Å². The summed E-state index contributed by atoms with van der Waals surface area (Å²) in [6, 6.07) is 0.196. The molecule has 1 aromatic rings. The van der Waals surface area contributed by atoms with Crippen LogP contribution in [0.3, 0.4) is 0 Å². The Morgan fingerprint density at radius 2 is 2.35 bits per heavy atom. The number of oxazole rings is 1. The zero-order valence-corrected chi connectivity index (χ0v) is 10.3. The Bertz CT molecular complexity index is 373. The van der Waals surface area contributed by atoms with E-state index in [1.165, 1.54) is 6.26 Å². The third-order valence-electron chi connectivity index (χ3n) is 2.37. The predicted octanol–water partition coefficient (Wildman–Crippen LogP) is 1.42. The molecule has 0 aliphatic rings. The standard InChI is InChI=1S/C11H18N2O4/c1-4-11(3,15)7-12-10-13-8(6-17-10)9(14)16-5-2/h6,15H,4-5,7H2,1-3H3,(H,12,13). The second-order valence-corrected chi connectivity index (χ2v) is 3.96. The summed E-state index contributed by atoms with van der Waals surface area (Å²) in [7, 11) is 0. The number of anilines is 1. The van der Waals surface area contributed by atoms with Crippen LogP contribution >= 0.6 is 0 Å². The van der Waals surface area contributed by atoms with Crippen LogP contribution in [0.1, 0.15) is 37.7 Å². The molecule has 0 aliphatic heterocycles. The molecule has 0 fully saturated rings. The van der Waals surface area contributed by atoms with Crippen LogP contribution in [0.15, 0.2) is 10.7 Å². The van der Waals surface area contributed by atoms with Crippen LogP contribution in [0.2, 0.25) is 0 Å². The van der Waals surface area contributed by atoms with E-state index in [9.17, 15) is 9.90 Å². The van der Waals surface area contributed by atoms with Gasteiger partial charge in [-0.1, -0.05) is 6.92 Å². The number of ether oxygens (including phenoxy) is 1. The van der Waals surface area contributed by atoms with Crippen LogP contribution in [0, 0.1) is 0 Å². The Morgan fingerprint density at radius 1 is 1.65 bits per heavy atom. The molecular formula is C11H18N2O4. The summed E-state index contributed by atoms with van der Waals surface area (Å²) >= 11 is 0. The fourth-order valence-electron chi connectivity index (χ4n) is 1.04. The lowest BCUT2D eigenvalue weighted by Gasteiger charge is -2.20. The maximum absolute atomic E-state index is 11.3. The second-order valence-electron chi connectivity index (χ2n) is 3.96. The first-order valence-corrected chi connectivity index (χ1v) is 5.57. The van der Waals surface area contributed by atoms with Gasteiger partial charge in [0.25, 0.3) is 6.01 Å². The SMILES string of the molecule is CCOC(=O)c1coc(NCC(C)(O)CC)n1. The van der Waals surface area contributed by atoms with Crippen molar-refractivity contribution in [2.24, 2.45) is 0 Å². The van der Waals surface area contributed by atoms with Crippen molar-refractivity contribution in [3.05, 3.63) is 12.0 Å². The van der Waals surface area contributed by atoms with Gasteiger partial charge < -0.3 is 19.6 Å². The van der Waals surface area contributed by atoms with Gasteiger partial charge in [-0.15, -0.1) is 0 Å². The number of hydrogen-bond acceptors (Lipinski definition) is 6. The molecule has 96 valence electrons. The number of hydrogen-bond donors (Lipinski definition) is 2. The number of esters is 1. The van der Waals surface area contributed by atoms with Crippen LogP contribution in [0.5, 0.6) is 0 Å². The lowest BCUT2D eigenvalue weighted by atomic mass is 10.0. The van der Waals surface area contributed by atoms with Crippen molar-refractivity contribution in [3.63, 3.8) is 0 Å². The van der Waals surface area contributed by atoms with E-state index >= 15 is 0 Å². The smallest absolute Gasteiger partial charge is 0.360 e. The molecule has 0 aliphatic carbocycles. The first-order valence-electron chi connectivity index (χ1n) is 5.57. The van der Waals surface area contributed by atoms with Gasteiger partial charge in [-0.05, 0) is 20.3 Å². The summed E-state index contributed by atoms with van der Waals surface area (Å²) < 4.78 is 9.81. The third kappa shape index (κ3) is 4.07. The molecule has 2 N–H and O–H groups in total. The van der Waals surface area contributed by atoms with E-state index in [1.807, 2.05) is 6.92 Å². The van der Waals surface area contributed by atoms with Crippen LogP contribution in [-0.2, 0) is 4.74 Å². The quantitative estimate of drug-likeness (QED) is 0.734. The number of nitrogens with zero attached hydrogens (tertiary/aromatic N) is 1. The maximum Gasteiger partial charge on any atom is 0.360 e. The van der Waals surface area contributed by atoms with Crippen LogP contribution < -0.4 is 5.32 Å². The van der Waals surface area contributed by atoms with Gasteiger partial charge in [0.1, 0.15) is 6.26 Å². The summed E-state index contributed by atoms with van der Waals surface area (Å²) in [6.45, 7) is 5.89. The number of aromatic nitrogens is 1. The molecule has 1 atom stereocenters. The van der Waals surface area contributed by atoms with E-state index in [2.05, 4.69) is 10.3 Å². The minimum absolute atomic E-state index is 0.116. The molecule has 6 heteroatoms. The summed E-state index contributed by atoms with van der Waals surface area (Å²) in [5.41, 5.74) is -0.719. The van der Waals surface area contributed by atoms with Gasteiger partial charge in [0.15, 0.2) is 5.69 Å². The molecule has 6 nitrogen and oxygen atoms in total. The predicted molar refractivity (Wildman–Crippen MR) is 61.9 cm³/mol. The molecule has 0 amide bonds. The minimum Gasteiger partial charge on any atom is -0.461 e. The first-order chi connectivity index (χ1) is 7.98. The van der Waals surface area contributed by atoms with Gasteiger partial charge in [0, 0.05) is 6.54 Å². The van der Waals surface area contributed by atoms with Gasteiger partial charge in [-0.3, -0.25) is 0 Å². The minimum atomic E-state index is -0.835. The Kier molecular flexibility index (Phi) is 4.51. The van der Waals surface area contributed by atoms with Crippen molar-refractivity contribution < 1.29 is 19.1 Å². The summed E-state index contributed by atoms with van der Waals surface area (Å²) in [4.78, 5) is 15.2. The van der Waals surface area contributed by atoms with Crippen molar-refractivity contribution in [1.29, 1.82) is 0 Å². The lowest BCUT2D eigenvalue weighted by molar-refractivity contribution is 0.0519. The zero-order valence-electron chi connectivity index (χ0n) is 10.3. The Hall–Kier alpha value is -1.56. The highest BCUT2D eigenvalue weighted by atomic mass is 16.5. The average molecular weight is 242 g/mol. The molecule has 0 radical (unpaired) electrons. The normalized spacial score (nSPS) is 14.1. The van der Waals surface area contributed by atoms with Crippen molar-refractivity contribution in [2.75, 3.05) is 18.5 Å². The lowest BCUT2D eigenvalue weighted by Crippen LogP contribution is -2.32. The van der Waals surface area contributed by atoms with Crippen LogP contribution in [0.25, 0.3) is 0 Å². The third-order valence-corrected chi connectivity index (χ3v) is 2.37. The molecule has 1 aromatic heterocycles. The van der Waals surface area contributed by atoms with E-state index in [4.69, 9.17) is 9.15 Å². The number of carbonyl (C=O) groups excluding carboxylic acids is 1. The molecule has 0 spiro atoms. The van der Waals surface area contributed by atoms with Crippen molar-refractivity contribution in [2.45, 2.75) is 32.8 Å². The van der Waals surface area contributed by atoms with Gasteiger partial charge in [0.05, 0.1) is 12.2 Å². The zero-order chi connectivity index (χ0) is 12.9. The monoisotopic (exact) mass is 242 g/mol. The Labute approximate surface area is 100.0 Å². The molecule has 1 heterocycles. The van der Waals surface area contributed by atoms with E-state index in [-0.39, 0.29) is 11.7 Å². The number of nitrogens with one attached hydrogen (secondary N) is 1.